The Bertz CT molecular complexity index is 961. The number of fused-ring (bicyclic) bond motifs is 1. The molecule has 32 heavy (non-hydrogen) atoms. The summed E-state index contributed by atoms with van der Waals surface area (Å²) in [5.74, 6) is 3.09. The van der Waals surface area contributed by atoms with E-state index in [9.17, 15) is 4.79 Å². The molecule has 2 fully saturated rings. The van der Waals surface area contributed by atoms with Gasteiger partial charge >= 0.3 is 0 Å². The van der Waals surface area contributed by atoms with Gasteiger partial charge in [-0.15, -0.1) is 0 Å². The van der Waals surface area contributed by atoms with E-state index in [0.29, 0.717) is 11.9 Å². The highest BCUT2D eigenvalue weighted by Crippen LogP contribution is 2.33. The first-order valence-corrected chi connectivity index (χ1v) is 12.5. The first-order valence-electron chi connectivity index (χ1n) is 12.5. The van der Waals surface area contributed by atoms with Crippen LogP contribution in [-0.4, -0.2) is 56.6 Å². The molecule has 0 unspecified atom stereocenters. The summed E-state index contributed by atoms with van der Waals surface area (Å²) in [7, 11) is 0. The molecule has 0 spiro atoms. The van der Waals surface area contributed by atoms with Crippen molar-refractivity contribution in [2.75, 3.05) is 29.9 Å². The molecule has 1 amide bonds. The van der Waals surface area contributed by atoms with Crippen LogP contribution in [0.4, 0.5) is 17.6 Å². The van der Waals surface area contributed by atoms with E-state index in [1.807, 2.05) is 4.90 Å². The van der Waals surface area contributed by atoms with Crippen molar-refractivity contribution in [2.24, 2.45) is 0 Å². The molecule has 1 atom stereocenters. The molecule has 0 saturated carbocycles. The number of aromatic amines is 1. The fourth-order valence-electron chi connectivity index (χ4n) is 5.52. The smallest absolute Gasteiger partial charge is 0.245 e. The van der Waals surface area contributed by atoms with Crippen molar-refractivity contribution < 1.29 is 4.79 Å². The Balaban J connectivity index is 1.41. The molecule has 2 N–H and O–H groups in total. The molecule has 8 nitrogen and oxygen atoms in total. The van der Waals surface area contributed by atoms with Gasteiger partial charge in [0, 0.05) is 42.9 Å². The fourth-order valence-corrected chi connectivity index (χ4v) is 5.52. The van der Waals surface area contributed by atoms with Crippen LogP contribution in [0.2, 0.25) is 0 Å². The van der Waals surface area contributed by atoms with E-state index in [2.05, 4.69) is 40.3 Å². The zero-order chi connectivity index (χ0) is 22.1. The summed E-state index contributed by atoms with van der Waals surface area (Å²) in [5.41, 5.74) is 3.48. The van der Waals surface area contributed by atoms with E-state index in [1.165, 1.54) is 11.3 Å². The molecule has 2 aliphatic heterocycles. The number of nitrogens with one attached hydrogen (secondary N) is 2. The Labute approximate surface area is 190 Å². The SMILES string of the molecule is CCC(CC)c1cc(Nc2nc(N3CCC[C@H]3C(=O)N3CCCC3)nc3c2CCC3)n[nH]1. The number of hydrogen-bond acceptors (Lipinski definition) is 6. The maximum Gasteiger partial charge on any atom is 0.245 e. The maximum absolute atomic E-state index is 13.2. The van der Waals surface area contributed by atoms with Gasteiger partial charge in [0.15, 0.2) is 5.82 Å². The molecule has 2 aromatic heterocycles. The number of likely N-dealkylation sites (tertiary alicyclic amines) is 1. The maximum atomic E-state index is 13.2. The second-order valence-electron chi connectivity index (χ2n) is 9.38. The van der Waals surface area contributed by atoms with Crippen LogP contribution >= 0.6 is 0 Å². The van der Waals surface area contributed by atoms with Gasteiger partial charge in [-0.25, -0.2) is 4.98 Å². The highest BCUT2D eigenvalue weighted by molar-refractivity contribution is 5.85. The Kier molecular flexibility index (Phi) is 6.02. The number of aromatic nitrogens is 4. The molecule has 2 aromatic rings. The highest BCUT2D eigenvalue weighted by Gasteiger charge is 2.37. The predicted molar refractivity (Wildman–Crippen MR) is 125 cm³/mol. The Hall–Kier alpha value is -2.64. The predicted octanol–water partition coefficient (Wildman–Crippen LogP) is 3.93. The second-order valence-corrected chi connectivity index (χ2v) is 9.38. The van der Waals surface area contributed by atoms with Gasteiger partial charge in [0.05, 0.1) is 5.69 Å². The lowest BCUT2D eigenvalue weighted by Crippen LogP contribution is -2.45. The van der Waals surface area contributed by atoms with Crippen LogP contribution in [0, 0.1) is 0 Å². The Morgan fingerprint density at radius 3 is 2.72 bits per heavy atom. The van der Waals surface area contributed by atoms with Crippen molar-refractivity contribution in [3.05, 3.63) is 23.0 Å². The quantitative estimate of drug-likeness (QED) is 0.682. The minimum absolute atomic E-state index is 0.132. The van der Waals surface area contributed by atoms with Gasteiger partial charge in [0.1, 0.15) is 11.9 Å². The van der Waals surface area contributed by atoms with Gasteiger partial charge in [-0.05, 0) is 57.8 Å². The second kappa shape index (κ2) is 9.08. The lowest BCUT2D eigenvalue weighted by molar-refractivity contribution is -0.131. The third-order valence-electron chi connectivity index (χ3n) is 7.40. The molecule has 2 saturated heterocycles. The van der Waals surface area contributed by atoms with Gasteiger partial charge in [-0.1, -0.05) is 13.8 Å². The minimum atomic E-state index is -0.132. The molecule has 4 heterocycles. The number of hydrogen-bond donors (Lipinski definition) is 2. The summed E-state index contributed by atoms with van der Waals surface area (Å²) >= 11 is 0. The normalized spacial score (nSPS) is 20.4. The molecule has 0 bridgehead atoms. The van der Waals surface area contributed by atoms with Crippen LogP contribution < -0.4 is 10.2 Å². The van der Waals surface area contributed by atoms with E-state index < -0.39 is 0 Å². The summed E-state index contributed by atoms with van der Waals surface area (Å²) in [6, 6.07) is 1.98. The number of nitrogens with zero attached hydrogens (tertiary/aromatic N) is 5. The Morgan fingerprint density at radius 1 is 1.12 bits per heavy atom. The number of aryl methyl sites for hydroxylation is 1. The van der Waals surface area contributed by atoms with E-state index >= 15 is 0 Å². The number of carbonyl (C=O) groups is 1. The highest BCUT2D eigenvalue weighted by atomic mass is 16.2. The van der Waals surface area contributed by atoms with Crippen molar-refractivity contribution in [3.8, 4) is 0 Å². The summed E-state index contributed by atoms with van der Waals surface area (Å²) in [6.45, 7) is 7.03. The zero-order valence-electron chi connectivity index (χ0n) is 19.4. The number of H-pyrrole nitrogens is 1. The summed E-state index contributed by atoms with van der Waals surface area (Å²) < 4.78 is 0. The Morgan fingerprint density at radius 2 is 1.94 bits per heavy atom. The van der Waals surface area contributed by atoms with Gasteiger partial charge in [0.2, 0.25) is 11.9 Å². The van der Waals surface area contributed by atoms with E-state index in [1.54, 1.807) is 0 Å². The average Bonchev–Trinajstić information content (AvgIpc) is 3.61. The summed E-state index contributed by atoms with van der Waals surface area (Å²) in [6.07, 6.45) is 9.35. The van der Waals surface area contributed by atoms with Crippen LogP contribution in [0.5, 0.6) is 0 Å². The van der Waals surface area contributed by atoms with E-state index in [4.69, 9.17) is 9.97 Å². The van der Waals surface area contributed by atoms with Crippen molar-refractivity contribution in [3.63, 3.8) is 0 Å². The minimum Gasteiger partial charge on any atom is -0.341 e. The van der Waals surface area contributed by atoms with Crippen LogP contribution in [0.3, 0.4) is 0 Å². The third kappa shape index (κ3) is 3.95. The fraction of sp³-hybridized carbons (Fsp3) is 0.667. The van der Waals surface area contributed by atoms with E-state index in [0.717, 1.165) is 94.8 Å². The third-order valence-corrected chi connectivity index (χ3v) is 7.40. The molecular formula is C24H35N7O. The van der Waals surface area contributed by atoms with Gasteiger partial charge in [-0.2, -0.15) is 10.1 Å². The number of carbonyl (C=O) groups excluding carboxylic acids is 1. The number of rotatable bonds is 7. The topological polar surface area (TPSA) is 90.0 Å². The largest absolute Gasteiger partial charge is 0.341 e. The van der Waals surface area contributed by atoms with Crippen molar-refractivity contribution in [1.29, 1.82) is 0 Å². The standard InChI is InChI=1S/C24H35N7O/c1-3-16(4-2)19-15-21(29-28-19)26-22-17-9-7-10-18(17)25-24(27-22)31-14-8-11-20(31)23(32)30-12-5-6-13-30/h15-16,20H,3-14H2,1-2H3,(H2,25,26,27,28,29)/t20-/m0/s1. The monoisotopic (exact) mass is 437 g/mol. The molecule has 8 heteroatoms. The lowest BCUT2D eigenvalue weighted by Gasteiger charge is -2.28. The first kappa shape index (κ1) is 21.2. The van der Waals surface area contributed by atoms with Crippen LogP contribution in [-0.2, 0) is 17.6 Å². The van der Waals surface area contributed by atoms with E-state index in [-0.39, 0.29) is 11.9 Å². The van der Waals surface area contributed by atoms with Gasteiger partial charge in [0.25, 0.3) is 0 Å². The molecule has 0 radical (unpaired) electrons. The van der Waals surface area contributed by atoms with Gasteiger partial charge in [-0.3, -0.25) is 9.89 Å². The van der Waals surface area contributed by atoms with Crippen molar-refractivity contribution >= 4 is 23.5 Å². The number of anilines is 3. The summed E-state index contributed by atoms with van der Waals surface area (Å²) in [4.78, 5) is 27.2. The molecule has 3 aliphatic rings. The van der Waals surface area contributed by atoms with Crippen LogP contribution in [0.15, 0.2) is 6.07 Å². The number of amides is 1. The van der Waals surface area contributed by atoms with Crippen LogP contribution in [0.25, 0.3) is 0 Å². The lowest BCUT2D eigenvalue weighted by atomic mass is 10.00. The van der Waals surface area contributed by atoms with Crippen LogP contribution in [0.1, 0.15) is 81.7 Å². The zero-order valence-corrected chi connectivity index (χ0v) is 19.4. The van der Waals surface area contributed by atoms with Crippen molar-refractivity contribution in [1.82, 2.24) is 25.1 Å². The molecule has 172 valence electrons. The first-order chi connectivity index (χ1) is 15.7. The molecule has 0 aromatic carbocycles. The molecular weight excluding hydrogens is 402 g/mol. The van der Waals surface area contributed by atoms with Gasteiger partial charge < -0.3 is 15.1 Å². The summed E-state index contributed by atoms with van der Waals surface area (Å²) in [5, 5.41) is 11.2. The van der Waals surface area contributed by atoms with Crippen molar-refractivity contribution in [2.45, 2.75) is 83.6 Å². The molecule has 5 rings (SSSR count). The average molecular weight is 438 g/mol. The molecule has 1 aliphatic carbocycles.